The van der Waals surface area contributed by atoms with Crippen molar-refractivity contribution >= 4 is 11.9 Å². The number of halogens is 1. The number of hydrogen-bond acceptors (Lipinski definition) is 7. The van der Waals surface area contributed by atoms with Crippen LogP contribution in [0.5, 0.6) is 0 Å². The number of unbranched alkanes of at least 4 members (excludes halogenated alkanes) is 2. The lowest BCUT2D eigenvalue weighted by molar-refractivity contribution is -0.191. The van der Waals surface area contributed by atoms with Gasteiger partial charge >= 0.3 is 11.9 Å². The third kappa shape index (κ3) is 10.2. The highest BCUT2D eigenvalue weighted by atomic mass is 19.1. The lowest BCUT2D eigenvalue weighted by Gasteiger charge is -2.30. The van der Waals surface area contributed by atoms with Crippen molar-refractivity contribution in [1.82, 2.24) is 0 Å². The van der Waals surface area contributed by atoms with Gasteiger partial charge in [-0.05, 0) is 54.5 Å². The summed E-state index contributed by atoms with van der Waals surface area (Å²) < 4.78 is 38.0. The number of aryl methyl sites for hydroxylation is 1. The fourth-order valence-corrected chi connectivity index (χ4v) is 5.37. The zero-order chi connectivity index (χ0) is 33.8. The minimum Gasteiger partial charge on any atom is -0.462 e. The third-order valence-electron chi connectivity index (χ3n) is 8.32. The molecule has 1 aliphatic rings. The minimum atomic E-state index is -0.674. The van der Waals surface area contributed by atoms with Crippen LogP contribution in [0.25, 0.3) is 11.1 Å². The number of aliphatic hydroxyl groups is 1. The van der Waals surface area contributed by atoms with Crippen molar-refractivity contribution in [1.29, 1.82) is 0 Å². The number of rotatable bonds is 16. The molecular formula is C39H45FO7. The van der Waals surface area contributed by atoms with Gasteiger partial charge < -0.3 is 24.1 Å². The van der Waals surface area contributed by atoms with Gasteiger partial charge in [0.15, 0.2) is 6.29 Å². The van der Waals surface area contributed by atoms with E-state index in [-0.39, 0.29) is 42.0 Å². The highest BCUT2D eigenvalue weighted by Gasteiger charge is 2.26. The summed E-state index contributed by atoms with van der Waals surface area (Å²) in [5.41, 5.74) is 5.47. The van der Waals surface area contributed by atoms with Gasteiger partial charge in [0.25, 0.3) is 0 Å². The predicted octanol–water partition coefficient (Wildman–Crippen LogP) is 7.74. The van der Waals surface area contributed by atoms with Crippen LogP contribution in [-0.4, -0.2) is 50.1 Å². The number of carbonyl (C=O) groups is 2. The van der Waals surface area contributed by atoms with Crippen molar-refractivity contribution in [3.8, 4) is 11.1 Å². The van der Waals surface area contributed by atoms with Crippen LogP contribution in [0, 0.1) is 5.82 Å². The molecule has 1 atom stereocenters. The second-order valence-electron chi connectivity index (χ2n) is 12.0. The van der Waals surface area contributed by atoms with Crippen LogP contribution in [0.2, 0.25) is 0 Å². The zero-order valence-corrected chi connectivity index (χ0v) is 27.3. The van der Waals surface area contributed by atoms with Gasteiger partial charge in [0.1, 0.15) is 5.82 Å². The van der Waals surface area contributed by atoms with E-state index in [1.54, 1.807) is 13.0 Å². The average molecular weight is 645 g/mol. The summed E-state index contributed by atoms with van der Waals surface area (Å²) in [6.45, 7) is 11.2. The Morgan fingerprint density at radius 1 is 0.936 bits per heavy atom. The molecule has 7 nitrogen and oxygen atoms in total. The van der Waals surface area contributed by atoms with E-state index in [4.69, 9.17) is 24.1 Å². The second-order valence-corrected chi connectivity index (χ2v) is 12.0. The molecule has 0 radical (unpaired) electrons. The van der Waals surface area contributed by atoms with Crippen LogP contribution in [0.1, 0.15) is 79.9 Å². The highest BCUT2D eigenvalue weighted by molar-refractivity contribution is 5.88. The molecular weight excluding hydrogens is 599 g/mol. The summed E-state index contributed by atoms with van der Waals surface area (Å²) in [7, 11) is 0. The number of esters is 2. The van der Waals surface area contributed by atoms with Crippen LogP contribution in [0.15, 0.2) is 91.0 Å². The Balaban J connectivity index is 1.34. The van der Waals surface area contributed by atoms with Gasteiger partial charge in [0.05, 0.1) is 38.6 Å². The van der Waals surface area contributed by atoms with Gasteiger partial charge in [0, 0.05) is 28.5 Å². The van der Waals surface area contributed by atoms with E-state index in [0.29, 0.717) is 25.2 Å². The summed E-state index contributed by atoms with van der Waals surface area (Å²) in [6, 6.07) is 21.1. The monoisotopic (exact) mass is 644 g/mol. The van der Waals surface area contributed by atoms with Crippen molar-refractivity contribution in [3.05, 3.63) is 119 Å². The Bertz CT molecular complexity index is 1510. The van der Waals surface area contributed by atoms with E-state index in [1.807, 2.05) is 48.5 Å². The van der Waals surface area contributed by atoms with E-state index >= 15 is 4.39 Å². The molecule has 0 amide bonds. The number of ether oxygens (including phenoxy) is 4. The maximum Gasteiger partial charge on any atom is 0.335 e. The smallest absolute Gasteiger partial charge is 0.335 e. The lowest BCUT2D eigenvalue weighted by Crippen LogP contribution is -2.25. The lowest BCUT2D eigenvalue weighted by atomic mass is 9.94. The Labute approximate surface area is 277 Å². The van der Waals surface area contributed by atoms with Crippen molar-refractivity contribution < 1.29 is 38.0 Å². The molecule has 3 aromatic carbocycles. The summed E-state index contributed by atoms with van der Waals surface area (Å²) >= 11 is 0. The zero-order valence-electron chi connectivity index (χ0n) is 27.3. The van der Waals surface area contributed by atoms with Gasteiger partial charge in [0.2, 0.25) is 0 Å². The van der Waals surface area contributed by atoms with Gasteiger partial charge in [-0.25, -0.2) is 14.0 Å². The van der Waals surface area contributed by atoms with Crippen LogP contribution in [-0.2, 0) is 35.0 Å². The van der Waals surface area contributed by atoms with Crippen molar-refractivity contribution in [2.75, 3.05) is 33.0 Å². The quantitative estimate of drug-likeness (QED) is 0.0969. The first-order chi connectivity index (χ1) is 22.7. The average Bonchev–Trinajstić information content (AvgIpc) is 3.09. The van der Waals surface area contributed by atoms with Gasteiger partial charge in [-0.2, -0.15) is 0 Å². The molecule has 3 aromatic rings. The molecule has 1 heterocycles. The highest BCUT2D eigenvalue weighted by Crippen LogP contribution is 2.33. The minimum absolute atomic E-state index is 0.0323. The summed E-state index contributed by atoms with van der Waals surface area (Å²) in [5, 5.41) is 9.08. The molecule has 250 valence electrons. The maximum atomic E-state index is 15.2. The molecule has 0 aliphatic carbocycles. The molecule has 8 heteroatoms. The summed E-state index contributed by atoms with van der Waals surface area (Å²) in [4.78, 5) is 23.9. The molecule has 1 fully saturated rings. The van der Waals surface area contributed by atoms with E-state index in [9.17, 15) is 9.59 Å². The normalized spacial score (nSPS) is 16.7. The number of hydrogen-bond donors (Lipinski definition) is 1. The first-order valence-electron chi connectivity index (χ1n) is 16.2. The van der Waals surface area contributed by atoms with Crippen LogP contribution >= 0.6 is 0 Å². The largest absolute Gasteiger partial charge is 0.462 e. The molecule has 1 N–H and O–H groups in total. The molecule has 47 heavy (non-hydrogen) atoms. The third-order valence-corrected chi connectivity index (χ3v) is 8.32. The van der Waals surface area contributed by atoms with E-state index < -0.39 is 24.8 Å². The topological polar surface area (TPSA) is 91.3 Å². The maximum absolute atomic E-state index is 15.2. The Kier molecular flexibility index (Phi) is 13.5. The Morgan fingerprint density at radius 2 is 1.62 bits per heavy atom. The standard InChI is InChI=1S/C39H45FO7/c1-5-6-7-8-28-9-11-30(12-10-28)35-18-17-32(21-36(35)40)34-24-46-39(47-25-34)31-15-13-29(14-16-31)33(23-45-37(42)26(2)3)19-20-44-38(43)27(4)22-41/h9-18,21,33-34,39,41H,2,4-8,19-20,22-25H2,1,3H3. The van der Waals surface area contributed by atoms with Crippen molar-refractivity contribution in [3.63, 3.8) is 0 Å². The van der Waals surface area contributed by atoms with Crippen molar-refractivity contribution in [2.24, 2.45) is 0 Å². The van der Waals surface area contributed by atoms with Gasteiger partial charge in [-0.3, -0.25) is 0 Å². The predicted molar refractivity (Wildman–Crippen MR) is 179 cm³/mol. The Morgan fingerprint density at radius 3 is 2.23 bits per heavy atom. The first kappa shape index (κ1) is 35.7. The molecule has 1 saturated heterocycles. The first-order valence-corrected chi connectivity index (χ1v) is 16.2. The molecule has 0 spiro atoms. The second kappa shape index (κ2) is 17.7. The number of benzene rings is 3. The SMILES string of the molecule is C=C(C)C(=O)OCC(CCOC(=O)C(=C)CO)c1ccc(C2OCC(c3ccc(-c4ccc(CCCCC)cc4)c(F)c3)CO2)cc1. The van der Waals surface area contributed by atoms with Gasteiger partial charge in [-0.1, -0.05) is 93.6 Å². The molecule has 4 rings (SSSR count). The van der Waals surface area contributed by atoms with E-state index in [1.165, 1.54) is 18.4 Å². The van der Waals surface area contributed by atoms with Crippen LogP contribution in [0.4, 0.5) is 4.39 Å². The van der Waals surface area contributed by atoms with E-state index in [0.717, 1.165) is 35.1 Å². The Hall–Kier alpha value is -4.11. The van der Waals surface area contributed by atoms with Crippen molar-refractivity contribution in [2.45, 2.75) is 64.1 Å². The van der Waals surface area contributed by atoms with Gasteiger partial charge in [-0.15, -0.1) is 0 Å². The molecule has 1 aliphatic heterocycles. The van der Waals surface area contributed by atoms with E-state index in [2.05, 4.69) is 32.2 Å². The summed E-state index contributed by atoms with van der Waals surface area (Å²) in [6.07, 6.45) is 4.40. The molecule has 1 unspecified atom stereocenters. The van der Waals surface area contributed by atoms with Crippen LogP contribution in [0.3, 0.4) is 0 Å². The summed E-state index contributed by atoms with van der Waals surface area (Å²) in [5.74, 6) is -1.81. The number of aliphatic hydroxyl groups excluding tert-OH is 1. The van der Waals surface area contributed by atoms with Crippen LogP contribution < -0.4 is 0 Å². The molecule has 0 aromatic heterocycles. The number of carbonyl (C=O) groups excluding carboxylic acids is 2. The fourth-order valence-electron chi connectivity index (χ4n) is 5.37. The molecule has 0 bridgehead atoms. The molecule has 0 saturated carbocycles. The fraction of sp³-hybridized carbons (Fsp3) is 0.385.